The van der Waals surface area contributed by atoms with Gasteiger partial charge in [-0.2, -0.15) is 0 Å². The van der Waals surface area contributed by atoms with E-state index in [1.165, 1.54) is 17.7 Å². The van der Waals surface area contributed by atoms with Gasteiger partial charge in [-0.15, -0.1) is 0 Å². The largest absolute Gasteiger partial charge is 0.379 e. The molecule has 0 aromatic heterocycles. The van der Waals surface area contributed by atoms with Crippen LogP contribution in [-0.2, 0) is 16.0 Å². The number of anilines is 1. The number of nitro groups is 1. The molecule has 1 N–H and O–H groups in total. The zero-order valence-corrected chi connectivity index (χ0v) is 19.2. The van der Waals surface area contributed by atoms with Gasteiger partial charge in [0.25, 0.3) is 5.69 Å². The molecule has 1 amide bonds. The predicted molar refractivity (Wildman–Crippen MR) is 135 cm³/mol. The van der Waals surface area contributed by atoms with Crippen molar-refractivity contribution >= 4 is 28.7 Å². The molecule has 1 atom stereocenters. The number of hydrogen-bond donors (Lipinski definition) is 1. The Hall–Kier alpha value is -3.88. The van der Waals surface area contributed by atoms with Crippen molar-refractivity contribution < 1.29 is 14.5 Å². The summed E-state index contributed by atoms with van der Waals surface area (Å²) in [6.45, 7) is 4.49. The van der Waals surface area contributed by atoms with Gasteiger partial charge in [0.15, 0.2) is 0 Å². The monoisotopic (exact) mass is 470 g/mol. The summed E-state index contributed by atoms with van der Waals surface area (Å²) >= 11 is 0. The molecule has 35 heavy (non-hydrogen) atoms. The number of nitrogens with one attached hydrogen (secondary N) is 1. The maximum absolute atomic E-state index is 13.0. The fourth-order valence-electron chi connectivity index (χ4n) is 4.53. The highest BCUT2D eigenvalue weighted by atomic mass is 16.6. The summed E-state index contributed by atoms with van der Waals surface area (Å²) in [4.78, 5) is 31.2. The zero-order chi connectivity index (χ0) is 24.2. The Morgan fingerprint density at radius 3 is 2.51 bits per heavy atom. The first-order valence-electron chi connectivity index (χ1n) is 11.7. The van der Waals surface area contributed by atoms with Gasteiger partial charge in [-0.25, -0.2) is 0 Å². The van der Waals surface area contributed by atoms with Gasteiger partial charge < -0.3 is 10.1 Å². The second-order valence-electron chi connectivity index (χ2n) is 8.68. The van der Waals surface area contributed by atoms with E-state index in [-0.39, 0.29) is 11.6 Å². The van der Waals surface area contributed by atoms with Crippen LogP contribution in [0.3, 0.4) is 0 Å². The summed E-state index contributed by atoms with van der Waals surface area (Å²) in [6.07, 6.45) is 0.942. The summed E-state index contributed by atoms with van der Waals surface area (Å²) < 4.78 is 5.41. The summed E-state index contributed by atoms with van der Waals surface area (Å²) in [6, 6.07) is 22.0. The molecule has 5 rings (SSSR count). The molecule has 1 saturated heterocycles. The number of fused-ring (bicyclic) bond motifs is 1. The number of nitrogens with zero attached hydrogens (tertiary/aromatic N) is 3. The standard InChI is InChI=1S/C27H26N4O4/c32-27-25(23-18-22(31(33)34)10-11-24(23)29-27)26(20-4-2-1-3-5-20)28-21-8-6-19(7-9-21)12-13-30-14-16-35-17-15-30/h1-11,18,25H,12-17H2,(H,29,32). The average molecular weight is 471 g/mol. The van der Waals surface area contributed by atoms with Crippen LogP contribution in [0.4, 0.5) is 17.1 Å². The Labute approximate surface area is 203 Å². The van der Waals surface area contributed by atoms with Crippen LogP contribution >= 0.6 is 0 Å². The van der Waals surface area contributed by atoms with Crippen molar-refractivity contribution in [2.75, 3.05) is 38.2 Å². The van der Waals surface area contributed by atoms with Crippen molar-refractivity contribution in [2.24, 2.45) is 4.99 Å². The fourth-order valence-corrected chi connectivity index (χ4v) is 4.53. The van der Waals surface area contributed by atoms with Gasteiger partial charge in [-0.05, 0) is 35.7 Å². The Morgan fingerprint density at radius 2 is 1.80 bits per heavy atom. The van der Waals surface area contributed by atoms with Gasteiger partial charge >= 0.3 is 0 Å². The molecule has 8 heteroatoms. The van der Waals surface area contributed by atoms with Crippen LogP contribution in [0.2, 0.25) is 0 Å². The number of aliphatic imine (C=N–C) groups is 1. The third kappa shape index (κ3) is 5.13. The molecule has 0 saturated carbocycles. The zero-order valence-electron chi connectivity index (χ0n) is 19.2. The molecule has 0 radical (unpaired) electrons. The van der Waals surface area contributed by atoms with Crippen molar-refractivity contribution in [2.45, 2.75) is 12.3 Å². The van der Waals surface area contributed by atoms with E-state index >= 15 is 0 Å². The number of amides is 1. The topological polar surface area (TPSA) is 97.1 Å². The minimum Gasteiger partial charge on any atom is -0.379 e. The second kappa shape index (κ2) is 10.2. The molecule has 178 valence electrons. The molecule has 0 spiro atoms. The van der Waals surface area contributed by atoms with Crippen LogP contribution in [0.5, 0.6) is 0 Å². The fraction of sp³-hybridized carbons (Fsp3) is 0.259. The van der Waals surface area contributed by atoms with Crippen LogP contribution in [0.25, 0.3) is 0 Å². The molecule has 1 unspecified atom stereocenters. The molecular formula is C27H26N4O4. The highest BCUT2D eigenvalue weighted by Gasteiger charge is 2.36. The van der Waals surface area contributed by atoms with E-state index in [2.05, 4.69) is 22.3 Å². The normalized spacial score (nSPS) is 18.2. The Bertz CT molecular complexity index is 1250. The van der Waals surface area contributed by atoms with E-state index < -0.39 is 10.8 Å². The van der Waals surface area contributed by atoms with Crippen LogP contribution in [0.15, 0.2) is 77.8 Å². The van der Waals surface area contributed by atoms with Crippen LogP contribution in [0.1, 0.15) is 22.6 Å². The van der Waals surface area contributed by atoms with Gasteiger partial charge in [0.1, 0.15) is 5.92 Å². The van der Waals surface area contributed by atoms with E-state index in [4.69, 9.17) is 9.73 Å². The maximum atomic E-state index is 13.0. The van der Waals surface area contributed by atoms with Gasteiger partial charge in [0.05, 0.1) is 29.5 Å². The molecule has 0 aliphatic carbocycles. The highest BCUT2D eigenvalue weighted by molar-refractivity contribution is 6.24. The van der Waals surface area contributed by atoms with Crippen molar-refractivity contribution in [1.82, 2.24) is 4.90 Å². The third-order valence-corrected chi connectivity index (χ3v) is 6.43. The van der Waals surface area contributed by atoms with Crippen molar-refractivity contribution in [3.63, 3.8) is 0 Å². The lowest BCUT2D eigenvalue weighted by Gasteiger charge is -2.26. The molecule has 3 aromatic carbocycles. The summed E-state index contributed by atoms with van der Waals surface area (Å²) in [5.41, 5.74) is 4.39. The number of carbonyl (C=O) groups is 1. The molecule has 8 nitrogen and oxygen atoms in total. The van der Waals surface area contributed by atoms with Gasteiger partial charge in [0.2, 0.25) is 5.91 Å². The minimum absolute atomic E-state index is 0.0534. The quantitative estimate of drug-likeness (QED) is 0.315. The number of benzene rings is 3. The molecule has 0 bridgehead atoms. The molecule has 3 aromatic rings. The first-order valence-corrected chi connectivity index (χ1v) is 11.7. The minimum atomic E-state index is -0.742. The number of ether oxygens (including phenoxy) is 1. The first-order chi connectivity index (χ1) is 17.1. The number of nitro benzene ring substituents is 1. The van der Waals surface area contributed by atoms with Crippen molar-refractivity contribution in [3.8, 4) is 0 Å². The number of non-ortho nitro benzene ring substituents is 1. The summed E-state index contributed by atoms with van der Waals surface area (Å²) in [7, 11) is 0. The number of rotatable bonds is 7. The predicted octanol–water partition coefficient (Wildman–Crippen LogP) is 4.33. The maximum Gasteiger partial charge on any atom is 0.269 e. The number of morpholine rings is 1. The van der Waals surface area contributed by atoms with Gasteiger partial charge in [-0.3, -0.25) is 24.8 Å². The molecule has 2 aliphatic rings. The summed E-state index contributed by atoms with van der Waals surface area (Å²) in [5.74, 6) is -0.987. The Morgan fingerprint density at radius 1 is 1.06 bits per heavy atom. The van der Waals surface area contributed by atoms with Crippen LogP contribution < -0.4 is 5.32 Å². The molecule has 1 fully saturated rings. The van der Waals surface area contributed by atoms with E-state index in [0.717, 1.165) is 50.5 Å². The highest BCUT2D eigenvalue weighted by Crippen LogP contribution is 2.38. The Kier molecular flexibility index (Phi) is 6.65. The number of carbonyl (C=O) groups excluding carboxylic acids is 1. The van der Waals surface area contributed by atoms with E-state index in [1.54, 1.807) is 6.07 Å². The SMILES string of the molecule is O=C1Nc2ccc([N+](=O)[O-])cc2C1C(=Nc1ccc(CCN2CCOCC2)cc1)c1ccccc1. The molecule has 2 heterocycles. The first kappa shape index (κ1) is 22.9. The smallest absolute Gasteiger partial charge is 0.269 e. The second-order valence-corrected chi connectivity index (χ2v) is 8.68. The van der Waals surface area contributed by atoms with E-state index in [9.17, 15) is 14.9 Å². The summed E-state index contributed by atoms with van der Waals surface area (Å²) in [5, 5.41) is 14.2. The Balaban J connectivity index is 1.45. The van der Waals surface area contributed by atoms with E-state index in [0.29, 0.717) is 17.0 Å². The molecule has 2 aliphatic heterocycles. The molecular weight excluding hydrogens is 444 g/mol. The lowest BCUT2D eigenvalue weighted by Crippen LogP contribution is -2.37. The van der Waals surface area contributed by atoms with Gasteiger partial charge in [0, 0.05) is 43.0 Å². The van der Waals surface area contributed by atoms with Gasteiger partial charge in [-0.1, -0.05) is 42.5 Å². The van der Waals surface area contributed by atoms with Crippen LogP contribution in [-0.4, -0.2) is 54.3 Å². The lowest BCUT2D eigenvalue weighted by molar-refractivity contribution is -0.384. The van der Waals surface area contributed by atoms with E-state index in [1.807, 2.05) is 42.5 Å². The number of hydrogen-bond acceptors (Lipinski definition) is 6. The average Bonchev–Trinajstić information content (AvgIpc) is 3.22. The van der Waals surface area contributed by atoms with Crippen molar-refractivity contribution in [3.05, 3.63) is 99.6 Å². The third-order valence-electron chi connectivity index (χ3n) is 6.43. The lowest BCUT2D eigenvalue weighted by atomic mass is 9.90. The van der Waals surface area contributed by atoms with Crippen molar-refractivity contribution in [1.29, 1.82) is 0 Å². The van der Waals surface area contributed by atoms with Crippen LogP contribution in [0, 0.1) is 10.1 Å².